The van der Waals surface area contributed by atoms with Crippen molar-refractivity contribution in [2.45, 2.75) is 45.6 Å². The van der Waals surface area contributed by atoms with Crippen molar-refractivity contribution in [1.29, 1.82) is 0 Å². The summed E-state index contributed by atoms with van der Waals surface area (Å²) in [6.45, 7) is 10.5. The first-order chi connectivity index (χ1) is 7.97. The Kier molecular flexibility index (Phi) is 5.92. The van der Waals surface area contributed by atoms with E-state index in [0.717, 1.165) is 19.5 Å². The second-order valence-corrected chi connectivity index (χ2v) is 5.67. The van der Waals surface area contributed by atoms with Crippen LogP contribution in [0.15, 0.2) is 0 Å². The van der Waals surface area contributed by atoms with Crippen molar-refractivity contribution < 1.29 is 9.53 Å². The van der Waals surface area contributed by atoms with E-state index < -0.39 is 0 Å². The summed E-state index contributed by atoms with van der Waals surface area (Å²) in [4.78, 5) is 13.9. The molecule has 1 aliphatic rings. The van der Waals surface area contributed by atoms with Crippen LogP contribution < -0.4 is 5.32 Å². The van der Waals surface area contributed by atoms with Crippen LogP contribution in [-0.2, 0) is 9.53 Å². The van der Waals surface area contributed by atoms with E-state index in [1.807, 2.05) is 20.8 Å². The summed E-state index contributed by atoms with van der Waals surface area (Å²) in [7, 11) is 0. The largest absolute Gasteiger partial charge is 0.459 e. The maximum absolute atomic E-state index is 11.4. The zero-order valence-corrected chi connectivity index (χ0v) is 11.4. The van der Waals surface area contributed by atoms with Gasteiger partial charge in [0.1, 0.15) is 5.60 Å². The number of rotatable bonds is 6. The van der Waals surface area contributed by atoms with Gasteiger partial charge in [0.25, 0.3) is 0 Å². The van der Waals surface area contributed by atoms with E-state index in [-0.39, 0.29) is 11.6 Å². The summed E-state index contributed by atoms with van der Waals surface area (Å²) in [5.74, 6) is -0.168. The fraction of sp³-hybridized carbons (Fsp3) is 0.923. The summed E-state index contributed by atoms with van der Waals surface area (Å²) in [5.41, 5.74) is -0.381. The second kappa shape index (κ2) is 6.97. The summed E-state index contributed by atoms with van der Waals surface area (Å²) in [6.07, 6.45) is 3.78. The van der Waals surface area contributed by atoms with E-state index in [9.17, 15) is 4.79 Å². The van der Waals surface area contributed by atoms with Gasteiger partial charge < -0.3 is 15.0 Å². The van der Waals surface area contributed by atoms with Gasteiger partial charge in [0, 0.05) is 0 Å². The van der Waals surface area contributed by atoms with E-state index in [0.29, 0.717) is 6.54 Å². The monoisotopic (exact) mass is 242 g/mol. The number of carbonyl (C=O) groups is 1. The average Bonchev–Trinajstić information content (AvgIpc) is 2.67. The first-order valence-electron chi connectivity index (χ1n) is 6.62. The van der Waals surface area contributed by atoms with E-state index in [4.69, 9.17) is 4.74 Å². The predicted molar refractivity (Wildman–Crippen MR) is 69.0 cm³/mol. The molecule has 1 aliphatic heterocycles. The predicted octanol–water partition coefficient (Wildman–Crippen LogP) is 1.40. The lowest BCUT2D eigenvalue weighted by atomic mass is 10.2. The smallest absolute Gasteiger partial charge is 0.320 e. The Morgan fingerprint density at radius 2 is 1.94 bits per heavy atom. The van der Waals surface area contributed by atoms with E-state index >= 15 is 0 Å². The normalized spacial score (nSPS) is 17.4. The zero-order valence-electron chi connectivity index (χ0n) is 11.4. The molecule has 17 heavy (non-hydrogen) atoms. The van der Waals surface area contributed by atoms with Crippen molar-refractivity contribution in [1.82, 2.24) is 10.2 Å². The Balaban J connectivity index is 1.94. The van der Waals surface area contributed by atoms with Gasteiger partial charge in [0.15, 0.2) is 0 Å². The summed E-state index contributed by atoms with van der Waals surface area (Å²) in [6, 6.07) is 0. The third-order valence-electron chi connectivity index (χ3n) is 2.72. The van der Waals surface area contributed by atoms with Gasteiger partial charge in [-0.25, -0.2) is 0 Å². The fourth-order valence-electron chi connectivity index (χ4n) is 2.00. The van der Waals surface area contributed by atoms with Gasteiger partial charge in [0.05, 0.1) is 6.54 Å². The maximum atomic E-state index is 11.4. The summed E-state index contributed by atoms with van der Waals surface area (Å²) < 4.78 is 5.21. The third-order valence-corrected chi connectivity index (χ3v) is 2.72. The molecule has 1 fully saturated rings. The molecule has 0 bridgehead atoms. The standard InChI is InChI=1S/C13H26N2O2/c1-13(2,3)17-12(16)11-14-7-6-10-15-8-4-5-9-15/h14H,4-11H2,1-3H3. The van der Waals surface area contributed by atoms with Crippen LogP contribution in [0.5, 0.6) is 0 Å². The Morgan fingerprint density at radius 3 is 2.53 bits per heavy atom. The van der Waals surface area contributed by atoms with Gasteiger partial charge >= 0.3 is 5.97 Å². The minimum absolute atomic E-state index is 0.168. The Hall–Kier alpha value is -0.610. The van der Waals surface area contributed by atoms with Crippen LogP contribution in [-0.4, -0.2) is 49.2 Å². The molecule has 0 aromatic carbocycles. The van der Waals surface area contributed by atoms with Crippen LogP contribution in [0, 0.1) is 0 Å². The Bertz CT molecular complexity index is 230. The Labute approximate surface area is 105 Å². The Morgan fingerprint density at radius 1 is 1.29 bits per heavy atom. The fourth-order valence-corrected chi connectivity index (χ4v) is 2.00. The minimum Gasteiger partial charge on any atom is -0.459 e. The molecule has 1 heterocycles. The molecule has 0 aromatic heterocycles. The van der Waals surface area contributed by atoms with Gasteiger partial charge in [-0.05, 0) is 66.2 Å². The second-order valence-electron chi connectivity index (χ2n) is 5.67. The lowest BCUT2D eigenvalue weighted by molar-refractivity contribution is -0.153. The molecule has 0 aromatic rings. The highest BCUT2D eigenvalue weighted by atomic mass is 16.6. The zero-order chi connectivity index (χ0) is 12.7. The number of ether oxygens (including phenoxy) is 1. The molecule has 0 unspecified atom stereocenters. The van der Waals surface area contributed by atoms with Crippen LogP contribution in [0.25, 0.3) is 0 Å². The van der Waals surface area contributed by atoms with Gasteiger partial charge in [0.2, 0.25) is 0 Å². The number of hydrogen-bond acceptors (Lipinski definition) is 4. The van der Waals surface area contributed by atoms with Crippen LogP contribution >= 0.6 is 0 Å². The van der Waals surface area contributed by atoms with Crippen LogP contribution in [0.3, 0.4) is 0 Å². The molecule has 100 valence electrons. The van der Waals surface area contributed by atoms with Crippen LogP contribution in [0.1, 0.15) is 40.0 Å². The first kappa shape index (κ1) is 14.5. The number of esters is 1. The molecule has 4 heteroatoms. The SMILES string of the molecule is CC(C)(C)OC(=O)CNCCCN1CCCC1. The van der Waals surface area contributed by atoms with Crippen LogP contribution in [0.4, 0.5) is 0 Å². The van der Waals surface area contributed by atoms with Crippen molar-refractivity contribution in [2.24, 2.45) is 0 Å². The number of nitrogens with zero attached hydrogens (tertiary/aromatic N) is 1. The highest BCUT2D eigenvalue weighted by Crippen LogP contribution is 2.07. The maximum Gasteiger partial charge on any atom is 0.320 e. The quantitative estimate of drug-likeness (QED) is 0.565. The summed E-state index contributed by atoms with van der Waals surface area (Å²) >= 11 is 0. The number of hydrogen-bond donors (Lipinski definition) is 1. The molecule has 0 aliphatic carbocycles. The molecule has 1 saturated heterocycles. The van der Waals surface area contributed by atoms with Crippen molar-refractivity contribution in [3.8, 4) is 0 Å². The van der Waals surface area contributed by atoms with Gasteiger partial charge in [-0.3, -0.25) is 4.79 Å². The highest BCUT2D eigenvalue weighted by Gasteiger charge is 2.15. The van der Waals surface area contributed by atoms with Crippen LogP contribution in [0.2, 0.25) is 0 Å². The lowest BCUT2D eigenvalue weighted by Crippen LogP contribution is -2.33. The van der Waals surface area contributed by atoms with E-state index in [1.54, 1.807) is 0 Å². The number of carbonyl (C=O) groups excluding carboxylic acids is 1. The van der Waals surface area contributed by atoms with E-state index in [2.05, 4.69) is 10.2 Å². The molecule has 0 radical (unpaired) electrons. The molecule has 1 rings (SSSR count). The average molecular weight is 242 g/mol. The highest BCUT2D eigenvalue weighted by molar-refractivity contribution is 5.72. The molecule has 4 nitrogen and oxygen atoms in total. The van der Waals surface area contributed by atoms with Crippen molar-refractivity contribution in [2.75, 3.05) is 32.7 Å². The number of nitrogens with one attached hydrogen (secondary N) is 1. The summed E-state index contributed by atoms with van der Waals surface area (Å²) in [5, 5.41) is 3.13. The minimum atomic E-state index is -0.381. The van der Waals surface area contributed by atoms with Crippen molar-refractivity contribution in [3.63, 3.8) is 0 Å². The molecule has 0 saturated carbocycles. The third kappa shape index (κ3) is 7.34. The molecular formula is C13H26N2O2. The molecular weight excluding hydrogens is 216 g/mol. The van der Waals surface area contributed by atoms with Gasteiger partial charge in [-0.15, -0.1) is 0 Å². The molecule has 0 atom stereocenters. The van der Waals surface area contributed by atoms with Crippen molar-refractivity contribution >= 4 is 5.97 Å². The van der Waals surface area contributed by atoms with Crippen molar-refractivity contribution in [3.05, 3.63) is 0 Å². The van der Waals surface area contributed by atoms with Gasteiger partial charge in [-0.2, -0.15) is 0 Å². The molecule has 1 N–H and O–H groups in total. The molecule has 0 amide bonds. The number of likely N-dealkylation sites (tertiary alicyclic amines) is 1. The van der Waals surface area contributed by atoms with E-state index in [1.165, 1.54) is 25.9 Å². The lowest BCUT2D eigenvalue weighted by Gasteiger charge is -2.19. The van der Waals surface area contributed by atoms with Gasteiger partial charge in [-0.1, -0.05) is 0 Å². The topological polar surface area (TPSA) is 41.6 Å². The first-order valence-corrected chi connectivity index (χ1v) is 6.62. The molecule has 0 spiro atoms.